The number of fused-ring (bicyclic) bond motifs is 1. The number of aromatic nitrogens is 2. The molecule has 0 atom stereocenters. The maximum Gasteiger partial charge on any atom is 0.245 e. The number of rotatable bonds is 6. The number of hydrogen-bond donors (Lipinski definition) is 1. The number of nitrogens with one attached hydrogen (secondary N) is 1. The highest BCUT2D eigenvalue weighted by Gasteiger charge is 2.24. The first kappa shape index (κ1) is 22.8. The van der Waals surface area contributed by atoms with Crippen LogP contribution in [0.1, 0.15) is 18.4 Å². The molecule has 0 bridgehead atoms. The summed E-state index contributed by atoms with van der Waals surface area (Å²) in [6.45, 7) is 6.34. The molecule has 1 amide bonds. The van der Waals surface area contributed by atoms with Crippen LogP contribution in [0, 0.1) is 12.7 Å². The zero-order valence-electron chi connectivity index (χ0n) is 18.4. The van der Waals surface area contributed by atoms with Crippen LogP contribution >= 0.6 is 11.6 Å². The monoisotopic (exact) mass is 470 g/mol. The van der Waals surface area contributed by atoms with Gasteiger partial charge in [0.05, 0.1) is 18.3 Å². The van der Waals surface area contributed by atoms with E-state index in [1.165, 1.54) is 12.4 Å². The van der Waals surface area contributed by atoms with Gasteiger partial charge in [-0.15, -0.1) is 0 Å². The molecule has 1 fully saturated rings. The van der Waals surface area contributed by atoms with Crippen molar-refractivity contribution in [1.82, 2.24) is 14.9 Å². The Balaban J connectivity index is 1.63. The summed E-state index contributed by atoms with van der Waals surface area (Å²) in [5.41, 5.74) is 1.23. The van der Waals surface area contributed by atoms with Gasteiger partial charge < -0.3 is 19.7 Å². The average Bonchev–Trinajstić information content (AvgIpc) is 2.84. The van der Waals surface area contributed by atoms with Gasteiger partial charge in [-0.1, -0.05) is 18.2 Å². The van der Waals surface area contributed by atoms with Crippen LogP contribution in [-0.4, -0.2) is 47.1 Å². The van der Waals surface area contributed by atoms with E-state index >= 15 is 0 Å². The summed E-state index contributed by atoms with van der Waals surface area (Å²) < 4.78 is 26.5. The molecule has 1 saturated heterocycles. The molecular weight excluding hydrogens is 447 g/mol. The topological polar surface area (TPSA) is 76.6 Å². The quantitative estimate of drug-likeness (QED) is 0.509. The van der Waals surface area contributed by atoms with E-state index in [0.29, 0.717) is 64.7 Å². The molecular formula is C24H24ClFN4O3. The summed E-state index contributed by atoms with van der Waals surface area (Å²) in [6, 6.07) is 6.75. The van der Waals surface area contributed by atoms with Crippen LogP contribution in [0.4, 0.5) is 15.9 Å². The average molecular weight is 471 g/mol. The number of carbonyl (C=O) groups excluding carboxylic acids is 1. The molecule has 9 heteroatoms. The van der Waals surface area contributed by atoms with Crippen molar-refractivity contribution in [2.24, 2.45) is 0 Å². The SMILES string of the molecule is C=CC(=O)N1CCC(Oc2cc3c(Nc4ccc(Cl)c(C)c4F)ncnc3cc2OC)CC1. The van der Waals surface area contributed by atoms with Crippen molar-refractivity contribution in [2.75, 3.05) is 25.5 Å². The zero-order valence-corrected chi connectivity index (χ0v) is 19.2. The molecule has 7 nitrogen and oxygen atoms in total. The number of amides is 1. The first-order chi connectivity index (χ1) is 15.9. The second kappa shape index (κ2) is 9.62. The van der Waals surface area contributed by atoms with Crippen molar-refractivity contribution in [3.05, 3.63) is 59.7 Å². The van der Waals surface area contributed by atoms with Gasteiger partial charge in [0.2, 0.25) is 5.91 Å². The van der Waals surface area contributed by atoms with Crippen LogP contribution in [-0.2, 0) is 4.79 Å². The van der Waals surface area contributed by atoms with Crippen molar-refractivity contribution in [2.45, 2.75) is 25.9 Å². The summed E-state index contributed by atoms with van der Waals surface area (Å²) in [5.74, 6) is 0.975. The lowest BCUT2D eigenvalue weighted by Gasteiger charge is -2.31. The number of methoxy groups -OCH3 is 1. The molecule has 1 aromatic heterocycles. The van der Waals surface area contributed by atoms with Crippen molar-refractivity contribution in [3.8, 4) is 11.5 Å². The van der Waals surface area contributed by atoms with E-state index in [9.17, 15) is 9.18 Å². The van der Waals surface area contributed by atoms with E-state index in [4.69, 9.17) is 21.1 Å². The van der Waals surface area contributed by atoms with Crippen molar-refractivity contribution >= 4 is 39.9 Å². The molecule has 1 aliphatic heterocycles. The fraction of sp³-hybridized carbons (Fsp3) is 0.292. The normalized spacial score (nSPS) is 14.2. The Bertz CT molecular complexity index is 1210. The number of ether oxygens (including phenoxy) is 2. The van der Waals surface area contributed by atoms with Gasteiger partial charge in [-0.25, -0.2) is 14.4 Å². The number of nitrogens with zero attached hydrogens (tertiary/aromatic N) is 3. The smallest absolute Gasteiger partial charge is 0.245 e. The molecule has 1 N–H and O–H groups in total. The summed E-state index contributed by atoms with van der Waals surface area (Å²) in [6.07, 6.45) is 4.02. The Morgan fingerprint density at radius 3 is 2.73 bits per heavy atom. The molecule has 2 heterocycles. The molecule has 0 radical (unpaired) electrons. The van der Waals surface area contributed by atoms with E-state index in [-0.39, 0.29) is 17.7 Å². The predicted octanol–water partition coefficient (Wildman–Crippen LogP) is 5.04. The van der Waals surface area contributed by atoms with Crippen molar-refractivity contribution in [1.29, 1.82) is 0 Å². The molecule has 0 aliphatic carbocycles. The van der Waals surface area contributed by atoms with Gasteiger partial charge in [-0.05, 0) is 31.2 Å². The number of anilines is 2. The van der Waals surface area contributed by atoms with Gasteiger partial charge in [-0.2, -0.15) is 0 Å². The summed E-state index contributed by atoms with van der Waals surface area (Å²) in [5, 5.41) is 4.05. The van der Waals surface area contributed by atoms with Crippen LogP contribution in [0.3, 0.4) is 0 Å². The van der Waals surface area contributed by atoms with Gasteiger partial charge in [0, 0.05) is 48.0 Å². The van der Waals surface area contributed by atoms with Gasteiger partial charge in [0.25, 0.3) is 0 Å². The maximum absolute atomic E-state index is 14.7. The Morgan fingerprint density at radius 2 is 2.03 bits per heavy atom. The van der Waals surface area contributed by atoms with Gasteiger partial charge in [0.1, 0.15) is 18.2 Å². The Kier molecular flexibility index (Phi) is 6.65. The Hall–Kier alpha value is -3.39. The highest BCUT2D eigenvalue weighted by Crippen LogP contribution is 2.37. The number of halogens is 2. The van der Waals surface area contributed by atoms with E-state index in [1.807, 2.05) is 0 Å². The minimum absolute atomic E-state index is 0.0748. The number of likely N-dealkylation sites (tertiary alicyclic amines) is 1. The van der Waals surface area contributed by atoms with E-state index < -0.39 is 5.82 Å². The van der Waals surface area contributed by atoms with E-state index in [1.54, 1.807) is 43.2 Å². The molecule has 33 heavy (non-hydrogen) atoms. The van der Waals surface area contributed by atoms with Gasteiger partial charge in [0.15, 0.2) is 17.3 Å². The van der Waals surface area contributed by atoms with Crippen LogP contribution in [0.25, 0.3) is 10.9 Å². The first-order valence-corrected chi connectivity index (χ1v) is 10.9. The lowest BCUT2D eigenvalue weighted by atomic mass is 10.1. The molecule has 1 aliphatic rings. The maximum atomic E-state index is 14.7. The Labute approximate surface area is 196 Å². The van der Waals surface area contributed by atoms with Gasteiger partial charge >= 0.3 is 0 Å². The summed E-state index contributed by atoms with van der Waals surface area (Å²) in [7, 11) is 1.56. The van der Waals surface area contributed by atoms with Crippen LogP contribution < -0.4 is 14.8 Å². The highest BCUT2D eigenvalue weighted by molar-refractivity contribution is 6.31. The van der Waals surface area contributed by atoms with Crippen molar-refractivity contribution < 1.29 is 18.7 Å². The molecule has 172 valence electrons. The second-order valence-corrected chi connectivity index (χ2v) is 8.16. The molecule has 0 saturated carbocycles. The molecule has 0 spiro atoms. The molecule has 3 aromatic rings. The van der Waals surface area contributed by atoms with Gasteiger partial charge in [-0.3, -0.25) is 4.79 Å². The van der Waals surface area contributed by atoms with Crippen LogP contribution in [0.5, 0.6) is 11.5 Å². The lowest BCUT2D eigenvalue weighted by molar-refractivity contribution is -0.127. The summed E-state index contributed by atoms with van der Waals surface area (Å²) >= 11 is 6.01. The number of carbonyl (C=O) groups is 1. The highest BCUT2D eigenvalue weighted by atomic mass is 35.5. The standard InChI is InChI=1S/C24H24ClFN4O3/c1-4-22(31)30-9-7-15(8-10-30)33-21-11-16-19(12-20(21)32-3)27-13-28-24(16)29-18-6-5-17(25)14(2)23(18)26/h4-6,11-13,15H,1,7-10H2,2-3H3,(H,27,28,29). The summed E-state index contributed by atoms with van der Waals surface area (Å²) in [4.78, 5) is 22.2. The van der Waals surface area contributed by atoms with Crippen molar-refractivity contribution in [3.63, 3.8) is 0 Å². The fourth-order valence-electron chi connectivity index (χ4n) is 3.80. The second-order valence-electron chi connectivity index (χ2n) is 7.75. The number of benzene rings is 2. The third-order valence-electron chi connectivity index (χ3n) is 5.72. The van der Waals surface area contributed by atoms with E-state index in [0.717, 1.165) is 0 Å². The molecule has 2 aromatic carbocycles. The minimum Gasteiger partial charge on any atom is -0.493 e. The molecule has 4 rings (SSSR count). The lowest BCUT2D eigenvalue weighted by Crippen LogP contribution is -2.41. The Morgan fingerprint density at radius 1 is 1.27 bits per heavy atom. The predicted molar refractivity (Wildman–Crippen MR) is 126 cm³/mol. The number of piperidine rings is 1. The molecule has 0 unspecified atom stereocenters. The zero-order chi connectivity index (χ0) is 23.5. The minimum atomic E-state index is -0.444. The van der Waals surface area contributed by atoms with E-state index in [2.05, 4.69) is 21.9 Å². The third-order valence-corrected chi connectivity index (χ3v) is 6.13. The first-order valence-electron chi connectivity index (χ1n) is 10.5. The third kappa shape index (κ3) is 4.71. The van der Waals surface area contributed by atoms with Crippen LogP contribution in [0.2, 0.25) is 5.02 Å². The largest absolute Gasteiger partial charge is 0.493 e. The fourth-order valence-corrected chi connectivity index (χ4v) is 3.95. The number of hydrogen-bond acceptors (Lipinski definition) is 6. The van der Waals surface area contributed by atoms with Crippen LogP contribution in [0.15, 0.2) is 43.2 Å².